The van der Waals surface area contributed by atoms with Crippen LogP contribution in [0.5, 0.6) is 0 Å². The van der Waals surface area contributed by atoms with E-state index >= 15 is 0 Å². The molecule has 10 heavy (non-hydrogen) atoms. The van der Waals surface area contributed by atoms with Gasteiger partial charge in [-0.25, -0.2) is 0 Å². The quantitative estimate of drug-likeness (QED) is 0.574. The summed E-state index contributed by atoms with van der Waals surface area (Å²) in [5.41, 5.74) is 0.951. The molecule has 0 spiro atoms. The van der Waals surface area contributed by atoms with Gasteiger partial charge in [-0.15, -0.1) is 0 Å². The van der Waals surface area contributed by atoms with Crippen molar-refractivity contribution in [3.05, 3.63) is 34.9 Å². The summed E-state index contributed by atoms with van der Waals surface area (Å²) in [5, 5.41) is 0.824. The Hall–Kier alpha value is -0.200. The highest BCUT2D eigenvalue weighted by molar-refractivity contribution is 6.43. The topological polar surface area (TPSA) is 0 Å². The molecule has 56 valence electrons. The summed E-state index contributed by atoms with van der Waals surface area (Å²) in [5.74, 6) is 0. The molecule has 0 heterocycles. The van der Waals surface area contributed by atoms with E-state index < -0.39 is 0 Å². The van der Waals surface area contributed by atoms with Crippen LogP contribution in [0.25, 0.3) is 0 Å². The van der Waals surface area contributed by atoms with Crippen LogP contribution in [0.4, 0.5) is 0 Å². The average Bonchev–Trinajstić information content (AvgIpc) is 1.87. The molecular formula is C8H10Cl2. The second-order valence-corrected chi connectivity index (χ2v) is 2.77. The van der Waals surface area contributed by atoms with Gasteiger partial charge in [-0.05, 0) is 12.5 Å². The third kappa shape index (κ3) is 3.76. The molecule has 0 saturated heterocycles. The van der Waals surface area contributed by atoms with E-state index in [-0.39, 0.29) is 0 Å². The first kappa shape index (κ1) is 9.80. The van der Waals surface area contributed by atoms with E-state index in [0.29, 0.717) is 10.1 Å². The van der Waals surface area contributed by atoms with Crippen LogP contribution in [0.3, 0.4) is 0 Å². The third-order valence-electron chi connectivity index (χ3n) is 1.04. The number of rotatable bonds is 3. The molecule has 0 atom stereocenters. The Labute approximate surface area is 71.8 Å². The second-order valence-electron chi connectivity index (χ2n) is 1.91. The summed E-state index contributed by atoms with van der Waals surface area (Å²) in [6, 6.07) is 0. The van der Waals surface area contributed by atoms with Crippen LogP contribution in [0, 0.1) is 0 Å². The third-order valence-corrected chi connectivity index (χ3v) is 1.68. The standard InChI is InChI=1S/C8H10Cl2/c1-4-6(2)5-8(10)7(3)9/h5H,2-4H2,1H3/b8-5+. The number of hydrogen-bond acceptors (Lipinski definition) is 0. The first-order chi connectivity index (χ1) is 4.57. The summed E-state index contributed by atoms with van der Waals surface area (Å²) in [6.07, 6.45) is 2.59. The fourth-order valence-electron chi connectivity index (χ4n) is 0.360. The lowest BCUT2D eigenvalue weighted by Gasteiger charge is -1.94. The van der Waals surface area contributed by atoms with Gasteiger partial charge in [0.2, 0.25) is 0 Å². The number of halogens is 2. The van der Waals surface area contributed by atoms with Crippen molar-refractivity contribution in [1.29, 1.82) is 0 Å². The highest BCUT2D eigenvalue weighted by atomic mass is 35.5. The highest BCUT2D eigenvalue weighted by Gasteiger charge is 1.93. The Kier molecular flexibility index (Phi) is 4.50. The molecule has 0 aliphatic carbocycles. The van der Waals surface area contributed by atoms with Crippen molar-refractivity contribution in [2.45, 2.75) is 13.3 Å². The van der Waals surface area contributed by atoms with Gasteiger partial charge in [-0.3, -0.25) is 0 Å². The molecule has 0 aromatic carbocycles. The zero-order chi connectivity index (χ0) is 8.15. The predicted molar refractivity (Wildman–Crippen MR) is 48.4 cm³/mol. The van der Waals surface area contributed by atoms with Crippen molar-refractivity contribution < 1.29 is 0 Å². The fourth-order valence-corrected chi connectivity index (χ4v) is 0.568. The lowest BCUT2D eigenvalue weighted by Crippen LogP contribution is -1.74. The van der Waals surface area contributed by atoms with Crippen LogP contribution in [0.2, 0.25) is 0 Å². The lowest BCUT2D eigenvalue weighted by atomic mass is 10.2. The minimum atomic E-state index is 0.358. The van der Waals surface area contributed by atoms with Gasteiger partial charge in [-0.2, -0.15) is 0 Å². The molecule has 0 rings (SSSR count). The molecule has 0 aliphatic heterocycles. The van der Waals surface area contributed by atoms with Gasteiger partial charge in [-0.1, -0.05) is 48.9 Å². The molecule has 0 aromatic rings. The van der Waals surface area contributed by atoms with Crippen LogP contribution >= 0.6 is 23.2 Å². The van der Waals surface area contributed by atoms with Gasteiger partial charge in [0.1, 0.15) is 0 Å². The van der Waals surface area contributed by atoms with Gasteiger partial charge in [0.15, 0.2) is 0 Å². The smallest absolute Gasteiger partial charge is 0.0588 e. The highest BCUT2D eigenvalue weighted by Crippen LogP contribution is 2.18. The Morgan fingerprint density at radius 1 is 1.40 bits per heavy atom. The van der Waals surface area contributed by atoms with Crippen LogP contribution in [-0.4, -0.2) is 0 Å². The summed E-state index contributed by atoms with van der Waals surface area (Å²) in [4.78, 5) is 0. The molecule has 0 aromatic heterocycles. The normalized spacial score (nSPS) is 11.3. The SMILES string of the molecule is C=C(/C=C(/Cl)C(=C)Cl)CC. The maximum absolute atomic E-state index is 5.66. The zero-order valence-electron chi connectivity index (χ0n) is 5.95. The van der Waals surface area contributed by atoms with E-state index in [2.05, 4.69) is 13.2 Å². The summed E-state index contributed by atoms with van der Waals surface area (Å²) >= 11 is 11.2. The van der Waals surface area contributed by atoms with Gasteiger partial charge >= 0.3 is 0 Å². The van der Waals surface area contributed by atoms with Gasteiger partial charge in [0.05, 0.1) is 10.1 Å². The minimum Gasteiger partial charge on any atom is -0.0958 e. The van der Waals surface area contributed by atoms with Gasteiger partial charge in [0, 0.05) is 0 Å². The molecule has 0 bridgehead atoms. The second kappa shape index (κ2) is 4.59. The predicted octanol–water partition coefficient (Wildman–Crippen LogP) is 3.83. The van der Waals surface area contributed by atoms with Crippen molar-refractivity contribution in [2.24, 2.45) is 0 Å². The molecule has 0 N–H and O–H groups in total. The maximum atomic E-state index is 5.66. The number of hydrogen-bond donors (Lipinski definition) is 0. The molecule has 0 fully saturated rings. The summed E-state index contributed by atoms with van der Waals surface area (Å²) in [6.45, 7) is 9.20. The maximum Gasteiger partial charge on any atom is 0.0588 e. The molecule has 0 saturated carbocycles. The van der Waals surface area contributed by atoms with Crippen LogP contribution < -0.4 is 0 Å². The largest absolute Gasteiger partial charge is 0.0958 e. The molecule has 0 radical (unpaired) electrons. The van der Waals surface area contributed by atoms with Crippen molar-refractivity contribution in [3.63, 3.8) is 0 Å². The summed E-state index contributed by atoms with van der Waals surface area (Å²) < 4.78 is 0. The van der Waals surface area contributed by atoms with Crippen molar-refractivity contribution in [2.75, 3.05) is 0 Å². The van der Waals surface area contributed by atoms with Crippen LogP contribution in [0.1, 0.15) is 13.3 Å². The lowest BCUT2D eigenvalue weighted by molar-refractivity contribution is 1.16. The average molecular weight is 177 g/mol. The van der Waals surface area contributed by atoms with Crippen molar-refractivity contribution in [1.82, 2.24) is 0 Å². The van der Waals surface area contributed by atoms with Crippen molar-refractivity contribution in [3.8, 4) is 0 Å². The molecular weight excluding hydrogens is 167 g/mol. The fraction of sp³-hybridized carbons (Fsp3) is 0.250. The zero-order valence-corrected chi connectivity index (χ0v) is 7.47. The molecule has 0 unspecified atom stereocenters. The van der Waals surface area contributed by atoms with Gasteiger partial charge in [0.25, 0.3) is 0 Å². The molecule has 0 nitrogen and oxygen atoms in total. The number of allylic oxidation sites excluding steroid dienone is 4. The molecule has 2 heteroatoms. The molecule has 0 amide bonds. The monoisotopic (exact) mass is 176 g/mol. The van der Waals surface area contributed by atoms with Crippen molar-refractivity contribution >= 4 is 23.2 Å². The minimum absolute atomic E-state index is 0.358. The van der Waals surface area contributed by atoms with Crippen LogP contribution in [0.15, 0.2) is 34.9 Å². The van der Waals surface area contributed by atoms with Gasteiger partial charge < -0.3 is 0 Å². The Morgan fingerprint density at radius 3 is 2.20 bits per heavy atom. The van der Waals surface area contributed by atoms with Crippen LogP contribution in [-0.2, 0) is 0 Å². The van der Waals surface area contributed by atoms with E-state index in [1.165, 1.54) is 0 Å². The van der Waals surface area contributed by atoms with E-state index in [9.17, 15) is 0 Å². The van der Waals surface area contributed by atoms with E-state index in [4.69, 9.17) is 23.2 Å². The first-order valence-corrected chi connectivity index (χ1v) is 3.73. The first-order valence-electron chi connectivity index (χ1n) is 2.97. The Balaban J connectivity index is 4.16. The Bertz CT molecular complexity index is 178. The molecule has 0 aliphatic rings. The Morgan fingerprint density at radius 2 is 1.90 bits per heavy atom. The van der Waals surface area contributed by atoms with E-state index in [1.54, 1.807) is 6.08 Å². The van der Waals surface area contributed by atoms with E-state index in [1.807, 2.05) is 6.92 Å². The summed E-state index contributed by atoms with van der Waals surface area (Å²) in [7, 11) is 0. The van der Waals surface area contributed by atoms with E-state index in [0.717, 1.165) is 12.0 Å².